The topological polar surface area (TPSA) is 154 Å². The average Bonchev–Trinajstić information content (AvgIpc) is 2.87. The number of Topliss-reactive ketones (excluding diaryl/α,β-unsaturated/α-hetero) is 1. The number of ketones is 2. The summed E-state index contributed by atoms with van der Waals surface area (Å²) in [4.78, 5) is 50.2. The summed E-state index contributed by atoms with van der Waals surface area (Å²) >= 11 is 0. The molecule has 0 aromatic heterocycles. The zero-order valence-electron chi connectivity index (χ0n) is 23.6. The quantitative estimate of drug-likeness (QED) is 0.362. The highest BCUT2D eigenvalue weighted by Gasteiger charge is 2.35. The van der Waals surface area contributed by atoms with Crippen molar-refractivity contribution in [3.05, 3.63) is 58.9 Å². The van der Waals surface area contributed by atoms with Crippen LogP contribution < -0.4 is 11.1 Å². The Bertz CT molecular complexity index is 1120. The van der Waals surface area contributed by atoms with Crippen molar-refractivity contribution in [2.24, 2.45) is 23.5 Å². The summed E-state index contributed by atoms with van der Waals surface area (Å²) in [6, 6.07) is 0. The number of fused-ring (bicyclic) bond motifs is 2. The van der Waals surface area contributed by atoms with Crippen molar-refractivity contribution in [3.63, 3.8) is 0 Å². The molecule has 0 radical (unpaired) electrons. The number of amides is 2. The van der Waals surface area contributed by atoms with E-state index in [1.165, 1.54) is 20.3 Å². The summed E-state index contributed by atoms with van der Waals surface area (Å²) in [6.45, 7) is 8.81. The van der Waals surface area contributed by atoms with Crippen molar-refractivity contribution < 1.29 is 38.5 Å². The molecule has 1 heterocycles. The summed E-state index contributed by atoms with van der Waals surface area (Å²) in [5.41, 5.74) is 6.25. The summed E-state index contributed by atoms with van der Waals surface area (Å²) in [7, 11) is 2.91. The monoisotopic (exact) mass is 544 g/mol. The fourth-order valence-electron chi connectivity index (χ4n) is 4.92. The third-order valence-electron chi connectivity index (χ3n) is 7.06. The molecule has 10 nitrogen and oxygen atoms in total. The molecule has 10 heteroatoms. The van der Waals surface area contributed by atoms with Gasteiger partial charge in [0.05, 0.1) is 24.0 Å². The maximum absolute atomic E-state index is 13.3. The van der Waals surface area contributed by atoms with Crippen molar-refractivity contribution in [1.29, 1.82) is 0 Å². The van der Waals surface area contributed by atoms with E-state index in [0.29, 0.717) is 12.0 Å². The molecule has 4 N–H and O–H groups in total. The third-order valence-corrected chi connectivity index (χ3v) is 7.06. The number of ether oxygens (including phenoxy) is 3. The normalized spacial score (nSPS) is 35.0. The molecule has 0 fully saturated rings. The number of carbonyl (C=O) groups is 4. The lowest BCUT2D eigenvalue weighted by molar-refractivity contribution is -0.120. The number of nitrogens with one attached hydrogen (secondary N) is 1. The van der Waals surface area contributed by atoms with Crippen molar-refractivity contribution in [1.82, 2.24) is 5.32 Å². The fourth-order valence-corrected chi connectivity index (χ4v) is 4.92. The molecule has 39 heavy (non-hydrogen) atoms. The van der Waals surface area contributed by atoms with E-state index in [-0.39, 0.29) is 28.7 Å². The summed E-state index contributed by atoms with van der Waals surface area (Å²) in [5, 5.41) is 13.7. The van der Waals surface area contributed by atoms with Crippen molar-refractivity contribution in [3.8, 4) is 0 Å². The lowest BCUT2D eigenvalue weighted by Gasteiger charge is -2.32. The number of hydrogen-bond acceptors (Lipinski definition) is 8. The second-order valence-corrected chi connectivity index (χ2v) is 10.2. The van der Waals surface area contributed by atoms with E-state index in [9.17, 15) is 24.3 Å². The SMILES string of the molecule is CO[C@H]1C[C@H](C)[C@@H](OC)C2=CC(=O)C=C(NC(=O)/C(C)=C/C=C\[C@H](C)[C@@H](OC(N)=O)/C(C)=C/[C@H](C)[C@H]1O)C2=O. The Balaban J connectivity index is 2.58. The standard InChI is InChI=1S/C29H40N2O8/c1-15-9-8-10-16(2)28(35)31-22-14-20(32)13-21(25(22)34)27(38-7)19(5)12-23(37-6)24(33)17(3)11-18(4)26(15)39-29(30)36/h8-11,13-15,17,19,23-24,26-27,33H,12H2,1-7H3,(H2,30,36)(H,31,35)/b9-8-,16-10+,18-11+/t15-,17-,19-,23-,24+,26+,27+/m0/s1. The Morgan fingerprint density at radius 3 is 2.28 bits per heavy atom. The first kappa shape index (κ1) is 31.9. The maximum atomic E-state index is 13.3. The molecular formula is C29H40N2O8. The lowest BCUT2D eigenvalue weighted by atomic mass is 9.84. The van der Waals surface area contributed by atoms with E-state index < -0.39 is 53.9 Å². The molecular weight excluding hydrogens is 504 g/mol. The minimum absolute atomic E-state index is 0.112. The number of rotatable bonds is 3. The molecule has 214 valence electrons. The van der Waals surface area contributed by atoms with Crippen LogP contribution >= 0.6 is 0 Å². The number of aliphatic hydroxyl groups is 1. The summed E-state index contributed by atoms with van der Waals surface area (Å²) < 4.78 is 16.6. The summed E-state index contributed by atoms with van der Waals surface area (Å²) in [5.74, 6) is -2.63. The molecule has 0 saturated carbocycles. The first-order valence-corrected chi connectivity index (χ1v) is 12.9. The number of primary amides is 1. The van der Waals surface area contributed by atoms with Crippen LogP contribution in [0.2, 0.25) is 0 Å². The number of nitrogens with two attached hydrogens (primary N) is 1. The van der Waals surface area contributed by atoms with Gasteiger partial charge in [-0.15, -0.1) is 0 Å². The zero-order valence-corrected chi connectivity index (χ0v) is 23.6. The minimum atomic E-state index is -0.954. The molecule has 0 spiro atoms. The molecule has 2 rings (SSSR count). The molecule has 2 amide bonds. The van der Waals surface area contributed by atoms with E-state index in [4.69, 9.17) is 19.9 Å². The van der Waals surface area contributed by atoms with Crippen LogP contribution in [0.3, 0.4) is 0 Å². The molecule has 1 aliphatic heterocycles. The van der Waals surface area contributed by atoms with Gasteiger partial charge in [0.1, 0.15) is 6.10 Å². The molecule has 0 aromatic rings. The minimum Gasteiger partial charge on any atom is -0.441 e. The van der Waals surface area contributed by atoms with E-state index in [2.05, 4.69) is 5.32 Å². The second kappa shape index (κ2) is 14.2. The highest BCUT2D eigenvalue weighted by molar-refractivity contribution is 6.22. The molecule has 2 bridgehead atoms. The first-order chi connectivity index (χ1) is 18.3. The Labute approximate surface area is 229 Å². The van der Waals surface area contributed by atoms with Crippen LogP contribution in [0.1, 0.15) is 41.0 Å². The number of methoxy groups -OCH3 is 2. The number of aliphatic hydroxyl groups excluding tert-OH is 1. The van der Waals surface area contributed by atoms with Crippen LogP contribution in [0, 0.1) is 17.8 Å². The Kier molecular flexibility index (Phi) is 11.6. The zero-order chi connectivity index (χ0) is 29.4. The molecule has 0 unspecified atom stereocenters. The van der Waals surface area contributed by atoms with Crippen molar-refractivity contribution in [2.75, 3.05) is 14.2 Å². The van der Waals surface area contributed by atoms with Crippen molar-refractivity contribution >= 4 is 23.6 Å². The van der Waals surface area contributed by atoms with Gasteiger partial charge in [-0.25, -0.2) is 4.79 Å². The second-order valence-electron chi connectivity index (χ2n) is 10.2. The number of hydrogen-bond donors (Lipinski definition) is 3. The van der Waals surface area contributed by atoms with Crippen LogP contribution in [0.25, 0.3) is 0 Å². The lowest BCUT2D eigenvalue weighted by Crippen LogP contribution is -2.40. The molecule has 0 aromatic carbocycles. The van der Waals surface area contributed by atoms with Crippen LogP contribution in [0.5, 0.6) is 0 Å². The first-order valence-electron chi connectivity index (χ1n) is 12.9. The molecule has 1 aliphatic carbocycles. The van der Waals surface area contributed by atoms with Crippen molar-refractivity contribution in [2.45, 2.75) is 65.5 Å². The fraction of sp³-hybridized carbons (Fsp3) is 0.517. The Hall–Kier alpha value is -3.34. The average molecular weight is 545 g/mol. The van der Waals surface area contributed by atoms with E-state index in [0.717, 1.165) is 6.08 Å². The van der Waals surface area contributed by atoms with Gasteiger partial charge in [0.25, 0.3) is 5.91 Å². The van der Waals surface area contributed by atoms with E-state index in [1.54, 1.807) is 38.2 Å². The number of allylic oxidation sites excluding steroid dienone is 5. The highest BCUT2D eigenvalue weighted by atomic mass is 16.6. The van der Waals surface area contributed by atoms with E-state index >= 15 is 0 Å². The highest BCUT2D eigenvalue weighted by Crippen LogP contribution is 2.29. The van der Waals surface area contributed by atoms with Gasteiger partial charge in [-0.1, -0.05) is 45.1 Å². The van der Waals surface area contributed by atoms with Gasteiger partial charge >= 0.3 is 6.09 Å². The predicted molar refractivity (Wildman–Crippen MR) is 145 cm³/mol. The maximum Gasteiger partial charge on any atom is 0.405 e. The van der Waals surface area contributed by atoms with Crippen LogP contribution in [-0.2, 0) is 28.6 Å². The van der Waals surface area contributed by atoms with Crippen LogP contribution in [-0.4, -0.2) is 67.3 Å². The van der Waals surface area contributed by atoms with Gasteiger partial charge in [-0.2, -0.15) is 0 Å². The van der Waals surface area contributed by atoms with Crippen LogP contribution in [0.15, 0.2) is 58.9 Å². The van der Waals surface area contributed by atoms with Gasteiger partial charge in [0.15, 0.2) is 5.78 Å². The molecule has 0 saturated heterocycles. The molecule has 2 aliphatic rings. The molecule has 7 atom stereocenters. The summed E-state index contributed by atoms with van der Waals surface area (Å²) in [6.07, 6.45) is 5.26. The van der Waals surface area contributed by atoms with Gasteiger partial charge in [-0.05, 0) is 37.8 Å². The predicted octanol–water partition coefficient (Wildman–Crippen LogP) is 2.68. The Morgan fingerprint density at radius 2 is 1.69 bits per heavy atom. The van der Waals surface area contributed by atoms with Gasteiger partial charge in [0, 0.05) is 43.3 Å². The number of carbonyl (C=O) groups excluding carboxylic acids is 4. The smallest absolute Gasteiger partial charge is 0.405 e. The van der Waals surface area contributed by atoms with Crippen LogP contribution in [0.4, 0.5) is 4.79 Å². The van der Waals surface area contributed by atoms with Gasteiger partial charge < -0.3 is 30.4 Å². The third kappa shape index (κ3) is 8.32. The largest absolute Gasteiger partial charge is 0.441 e. The van der Waals surface area contributed by atoms with Gasteiger partial charge in [0.2, 0.25) is 5.78 Å². The van der Waals surface area contributed by atoms with Gasteiger partial charge in [-0.3, -0.25) is 14.4 Å². The van der Waals surface area contributed by atoms with E-state index in [1.807, 2.05) is 20.8 Å². The Morgan fingerprint density at radius 1 is 1.03 bits per heavy atom.